The number of likely N-dealkylation sites (tertiary alicyclic amines) is 1. The molecule has 0 atom stereocenters. The lowest BCUT2D eigenvalue weighted by Gasteiger charge is -2.38. The Morgan fingerprint density at radius 2 is 2.19 bits per heavy atom. The van der Waals surface area contributed by atoms with Crippen molar-refractivity contribution < 1.29 is 0 Å². The van der Waals surface area contributed by atoms with Gasteiger partial charge in [-0.3, -0.25) is 9.98 Å². The number of aromatic nitrogens is 1. The molecule has 116 valence electrons. The maximum atomic E-state index is 4.53. The fraction of sp³-hybridized carbons (Fsp3) is 0.625. The summed E-state index contributed by atoms with van der Waals surface area (Å²) in [7, 11) is 1.87. The number of aryl methyl sites for hydroxylation is 1. The molecule has 2 heterocycles. The average molecular weight is 400 g/mol. The van der Waals surface area contributed by atoms with Gasteiger partial charge in [0.2, 0.25) is 0 Å². The highest BCUT2D eigenvalue weighted by Gasteiger charge is 2.43. The van der Waals surface area contributed by atoms with Crippen LogP contribution < -0.4 is 5.32 Å². The maximum Gasteiger partial charge on any atom is 0.193 e. The van der Waals surface area contributed by atoms with Crippen LogP contribution in [0.2, 0.25) is 0 Å². The van der Waals surface area contributed by atoms with Crippen molar-refractivity contribution in [1.29, 1.82) is 0 Å². The third kappa shape index (κ3) is 3.67. The van der Waals surface area contributed by atoms with Gasteiger partial charge in [0.15, 0.2) is 5.96 Å². The van der Waals surface area contributed by atoms with E-state index in [1.807, 2.05) is 20.0 Å². The topological polar surface area (TPSA) is 40.5 Å². The largest absolute Gasteiger partial charge is 0.351 e. The zero-order valence-corrected chi connectivity index (χ0v) is 15.3. The normalized spacial score (nSPS) is 20.1. The van der Waals surface area contributed by atoms with Gasteiger partial charge in [0, 0.05) is 25.8 Å². The molecule has 5 heteroatoms. The number of halogens is 1. The second kappa shape index (κ2) is 6.94. The van der Waals surface area contributed by atoms with E-state index in [0.29, 0.717) is 5.41 Å². The van der Waals surface area contributed by atoms with Gasteiger partial charge in [0.1, 0.15) is 0 Å². The molecule has 1 aromatic heterocycles. The number of aliphatic imine (C=N–C) groups is 1. The standard InChI is InChI=1S/C16H24N4.HI/c1-13-5-3-6-14(19-13)11-18-15(17-2)20-10-9-16(12-20)7-4-8-16;/h3,5-6H,4,7-12H2,1-2H3,(H,17,18);1H. The number of rotatable bonds is 2. The van der Waals surface area contributed by atoms with E-state index in [4.69, 9.17) is 0 Å². The average Bonchev–Trinajstić information content (AvgIpc) is 2.85. The van der Waals surface area contributed by atoms with E-state index >= 15 is 0 Å². The lowest BCUT2D eigenvalue weighted by atomic mass is 9.68. The predicted molar refractivity (Wildman–Crippen MR) is 97.1 cm³/mol. The first-order chi connectivity index (χ1) is 9.71. The van der Waals surface area contributed by atoms with Crippen LogP contribution in [-0.2, 0) is 6.54 Å². The van der Waals surface area contributed by atoms with Crippen molar-refractivity contribution in [3.63, 3.8) is 0 Å². The minimum atomic E-state index is 0. The van der Waals surface area contributed by atoms with Crippen molar-refractivity contribution in [3.05, 3.63) is 29.6 Å². The highest BCUT2D eigenvalue weighted by Crippen LogP contribution is 2.47. The third-order valence-corrected chi connectivity index (χ3v) is 4.74. The van der Waals surface area contributed by atoms with Gasteiger partial charge < -0.3 is 10.2 Å². The molecule has 0 unspecified atom stereocenters. The number of pyridine rings is 1. The predicted octanol–water partition coefficient (Wildman–Crippen LogP) is 2.96. The summed E-state index contributed by atoms with van der Waals surface area (Å²) in [4.78, 5) is 11.4. The molecule has 2 aliphatic rings. The molecule has 1 aromatic rings. The Labute approximate surface area is 144 Å². The van der Waals surface area contributed by atoms with Gasteiger partial charge in [-0.2, -0.15) is 0 Å². The first kappa shape index (κ1) is 16.5. The Kier molecular flexibility index (Phi) is 5.46. The van der Waals surface area contributed by atoms with Crippen molar-refractivity contribution in [2.75, 3.05) is 20.1 Å². The molecule has 0 radical (unpaired) electrons. The molecule has 1 aliphatic carbocycles. The van der Waals surface area contributed by atoms with Gasteiger partial charge in [0.25, 0.3) is 0 Å². The first-order valence-corrected chi connectivity index (χ1v) is 7.59. The molecule has 21 heavy (non-hydrogen) atoms. The first-order valence-electron chi connectivity index (χ1n) is 7.59. The smallest absolute Gasteiger partial charge is 0.193 e. The molecule has 3 rings (SSSR count). The van der Waals surface area contributed by atoms with Crippen LogP contribution in [0.15, 0.2) is 23.2 Å². The van der Waals surface area contributed by atoms with Gasteiger partial charge in [0.05, 0.1) is 12.2 Å². The van der Waals surface area contributed by atoms with E-state index in [9.17, 15) is 0 Å². The molecule has 0 amide bonds. The second-order valence-corrected chi connectivity index (χ2v) is 6.20. The molecule has 4 nitrogen and oxygen atoms in total. The summed E-state index contributed by atoms with van der Waals surface area (Å²) in [6.07, 6.45) is 5.54. The highest BCUT2D eigenvalue weighted by atomic mass is 127. The number of hydrogen-bond acceptors (Lipinski definition) is 2. The zero-order chi connectivity index (χ0) is 14.0. The Balaban J connectivity index is 0.00000161. The van der Waals surface area contributed by atoms with E-state index in [1.165, 1.54) is 32.2 Å². The fourth-order valence-electron chi connectivity index (χ4n) is 3.40. The van der Waals surface area contributed by atoms with Crippen LogP contribution in [0.1, 0.15) is 37.1 Å². The minimum absolute atomic E-state index is 0. The SMILES string of the molecule is CN=C(NCc1cccc(C)n1)N1CCC2(CCC2)C1.I. The van der Waals surface area contributed by atoms with E-state index < -0.39 is 0 Å². The van der Waals surface area contributed by atoms with Crippen LogP contribution in [0, 0.1) is 12.3 Å². The summed E-state index contributed by atoms with van der Waals surface area (Å²) < 4.78 is 0. The van der Waals surface area contributed by atoms with Gasteiger partial charge in [-0.1, -0.05) is 12.5 Å². The van der Waals surface area contributed by atoms with Gasteiger partial charge >= 0.3 is 0 Å². The van der Waals surface area contributed by atoms with Crippen LogP contribution in [-0.4, -0.2) is 36.0 Å². The quantitative estimate of drug-likeness (QED) is 0.472. The Hall–Kier alpha value is -0.850. The summed E-state index contributed by atoms with van der Waals surface area (Å²) in [5, 5.41) is 3.45. The van der Waals surface area contributed by atoms with Gasteiger partial charge in [-0.15, -0.1) is 24.0 Å². The summed E-state index contributed by atoms with van der Waals surface area (Å²) in [6, 6.07) is 6.14. The Morgan fingerprint density at radius 1 is 1.38 bits per heavy atom. The molecule has 1 aliphatic heterocycles. The van der Waals surface area contributed by atoms with Crippen LogP contribution in [0.3, 0.4) is 0 Å². The van der Waals surface area contributed by atoms with Crippen LogP contribution in [0.25, 0.3) is 0 Å². The Bertz CT molecular complexity index is 511. The second-order valence-electron chi connectivity index (χ2n) is 6.20. The van der Waals surface area contributed by atoms with Gasteiger partial charge in [-0.05, 0) is 43.7 Å². The number of nitrogens with one attached hydrogen (secondary N) is 1. The lowest BCUT2D eigenvalue weighted by molar-refractivity contribution is 0.151. The van der Waals surface area contributed by atoms with Crippen LogP contribution >= 0.6 is 24.0 Å². The Morgan fingerprint density at radius 3 is 2.76 bits per heavy atom. The maximum absolute atomic E-state index is 4.53. The van der Waals surface area contributed by atoms with Crippen molar-refractivity contribution >= 4 is 29.9 Å². The molecule has 1 spiro atoms. The summed E-state index contributed by atoms with van der Waals surface area (Å²) >= 11 is 0. The minimum Gasteiger partial charge on any atom is -0.351 e. The lowest BCUT2D eigenvalue weighted by Crippen LogP contribution is -2.42. The molecule has 1 saturated heterocycles. The summed E-state index contributed by atoms with van der Waals surface area (Å²) in [5.41, 5.74) is 2.75. The van der Waals surface area contributed by atoms with Crippen molar-refractivity contribution in [2.24, 2.45) is 10.4 Å². The van der Waals surface area contributed by atoms with E-state index in [1.54, 1.807) is 0 Å². The van der Waals surface area contributed by atoms with Crippen molar-refractivity contribution in [1.82, 2.24) is 15.2 Å². The number of guanidine groups is 1. The number of hydrogen-bond donors (Lipinski definition) is 1. The highest BCUT2D eigenvalue weighted by molar-refractivity contribution is 14.0. The van der Waals surface area contributed by atoms with E-state index in [-0.39, 0.29) is 24.0 Å². The molecular formula is C16H25IN4. The van der Waals surface area contributed by atoms with Crippen molar-refractivity contribution in [3.8, 4) is 0 Å². The summed E-state index contributed by atoms with van der Waals surface area (Å²) in [6.45, 7) is 5.09. The van der Waals surface area contributed by atoms with Gasteiger partial charge in [-0.25, -0.2) is 0 Å². The number of nitrogens with zero attached hydrogens (tertiary/aromatic N) is 3. The van der Waals surface area contributed by atoms with E-state index in [2.05, 4.69) is 32.3 Å². The van der Waals surface area contributed by atoms with Crippen LogP contribution in [0.5, 0.6) is 0 Å². The zero-order valence-electron chi connectivity index (χ0n) is 12.9. The van der Waals surface area contributed by atoms with Crippen LogP contribution in [0.4, 0.5) is 0 Å². The molecule has 2 fully saturated rings. The van der Waals surface area contributed by atoms with Crippen molar-refractivity contribution in [2.45, 2.75) is 39.2 Å². The molecule has 1 N–H and O–H groups in total. The molecule has 0 aromatic carbocycles. The van der Waals surface area contributed by atoms with E-state index in [0.717, 1.165) is 30.4 Å². The molecule has 0 bridgehead atoms. The summed E-state index contributed by atoms with van der Waals surface area (Å²) in [5.74, 6) is 1.03. The third-order valence-electron chi connectivity index (χ3n) is 4.74. The monoisotopic (exact) mass is 400 g/mol. The molecule has 1 saturated carbocycles. The fourth-order valence-corrected chi connectivity index (χ4v) is 3.40. The molecular weight excluding hydrogens is 375 g/mol.